The molecular formula is C19H18ClN. The normalized spacial score (nSPS) is 12.5. The molecule has 1 unspecified atom stereocenters. The molecule has 1 atom stereocenters. The summed E-state index contributed by atoms with van der Waals surface area (Å²) in [6.07, 6.45) is 0.904. The fourth-order valence-corrected chi connectivity index (χ4v) is 2.93. The molecule has 0 fully saturated rings. The fourth-order valence-electron chi connectivity index (χ4n) is 2.71. The van der Waals surface area contributed by atoms with Gasteiger partial charge in [0.1, 0.15) is 0 Å². The molecule has 0 aromatic heterocycles. The number of hydrogen-bond donors (Lipinski definition) is 1. The van der Waals surface area contributed by atoms with Crippen LogP contribution in [0.15, 0.2) is 60.7 Å². The van der Waals surface area contributed by atoms with Crippen LogP contribution in [-0.2, 0) is 6.42 Å². The Morgan fingerprint density at radius 2 is 1.57 bits per heavy atom. The lowest BCUT2D eigenvalue weighted by atomic mass is 9.96. The van der Waals surface area contributed by atoms with Crippen molar-refractivity contribution in [3.05, 3.63) is 71.2 Å². The lowest BCUT2D eigenvalue weighted by Gasteiger charge is -2.10. The van der Waals surface area contributed by atoms with E-state index in [1.807, 2.05) is 25.1 Å². The number of nitrogens with two attached hydrogens (primary N) is 1. The lowest BCUT2D eigenvalue weighted by Crippen LogP contribution is -2.17. The Hall–Kier alpha value is -1.83. The van der Waals surface area contributed by atoms with Crippen LogP contribution in [0.25, 0.3) is 21.9 Å². The maximum atomic E-state index is 6.29. The van der Waals surface area contributed by atoms with Gasteiger partial charge in [0.05, 0.1) is 0 Å². The van der Waals surface area contributed by atoms with Gasteiger partial charge in [0.25, 0.3) is 0 Å². The van der Waals surface area contributed by atoms with E-state index < -0.39 is 0 Å². The zero-order valence-corrected chi connectivity index (χ0v) is 12.8. The molecule has 0 aliphatic heterocycles. The quantitative estimate of drug-likeness (QED) is 0.719. The number of benzene rings is 3. The molecule has 2 N–H and O–H groups in total. The Bertz CT molecular complexity index is 760. The Labute approximate surface area is 130 Å². The molecule has 3 aromatic carbocycles. The fraction of sp³-hybridized carbons (Fsp3) is 0.158. The molecule has 3 aromatic rings. The van der Waals surface area contributed by atoms with Crippen LogP contribution in [-0.4, -0.2) is 6.04 Å². The number of hydrogen-bond acceptors (Lipinski definition) is 1. The summed E-state index contributed by atoms with van der Waals surface area (Å²) in [4.78, 5) is 0. The summed E-state index contributed by atoms with van der Waals surface area (Å²) in [6, 6.07) is 21.1. The Morgan fingerprint density at radius 1 is 0.905 bits per heavy atom. The first-order valence-corrected chi connectivity index (χ1v) is 7.55. The van der Waals surface area contributed by atoms with Gasteiger partial charge >= 0.3 is 0 Å². The van der Waals surface area contributed by atoms with E-state index in [1.54, 1.807) is 0 Å². The van der Waals surface area contributed by atoms with Crippen LogP contribution in [0, 0.1) is 0 Å². The molecule has 0 saturated carbocycles. The van der Waals surface area contributed by atoms with Gasteiger partial charge < -0.3 is 5.73 Å². The summed E-state index contributed by atoms with van der Waals surface area (Å²) < 4.78 is 0. The highest BCUT2D eigenvalue weighted by atomic mass is 35.5. The van der Waals surface area contributed by atoms with E-state index in [4.69, 9.17) is 17.3 Å². The zero-order chi connectivity index (χ0) is 14.8. The first-order valence-electron chi connectivity index (χ1n) is 7.17. The van der Waals surface area contributed by atoms with Crippen LogP contribution in [0.3, 0.4) is 0 Å². The van der Waals surface area contributed by atoms with Gasteiger partial charge in [-0.1, -0.05) is 66.2 Å². The van der Waals surface area contributed by atoms with Crippen molar-refractivity contribution in [2.75, 3.05) is 0 Å². The van der Waals surface area contributed by atoms with E-state index in [9.17, 15) is 0 Å². The third-order valence-corrected chi connectivity index (χ3v) is 4.02. The van der Waals surface area contributed by atoms with Crippen LogP contribution < -0.4 is 5.73 Å². The maximum Gasteiger partial charge on any atom is 0.0484 e. The van der Waals surface area contributed by atoms with Crippen molar-refractivity contribution in [3.63, 3.8) is 0 Å². The summed E-state index contributed by atoms with van der Waals surface area (Å²) in [5.74, 6) is 0. The lowest BCUT2D eigenvalue weighted by molar-refractivity contribution is 0.738. The number of halogens is 1. The van der Waals surface area contributed by atoms with Crippen molar-refractivity contribution in [3.8, 4) is 11.1 Å². The summed E-state index contributed by atoms with van der Waals surface area (Å²) in [5, 5.41) is 3.07. The second kappa shape index (κ2) is 5.88. The van der Waals surface area contributed by atoms with Crippen LogP contribution in [0.4, 0.5) is 0 Å². The third-order valence-electron chi connectivity index (χ3n) is 3.69. The molecule has 1 nitrogen and oxygen atoms in total. The van der Waals surface area contributed by atoms with Crippen molar-refractivity contribution in [2.45, 2.75) is 19.4 Å². The van der Waals surface area contributed by atoms with Crippen LogP contribution >= 0.6 is 11.6 Å². The zero-order valence-electron chi connectivity index (χ0n) is 12.0. The summed E-state index contributed by atoms with van der Waals surface area (Å²) in [7, 11) is 0. The minimum atomic E-state index is 0.187. The molecule has 0 aliphatic rings. The molecule has 0 bridgehead atoms. The van der Waals surface area contributed by atoms with Gasteiger partial charge in [0, 0.05) is 16.5 Å². The first-order chi connectivity index (χ1) is 10.1. The molecule has 21 heavy (non-hydrogen) atoms. The van der Waals surface area contributed by atoms with Crippen LogP contribution in [0.1, 0.15) is 12.5 Å². The average molecular weight is 296 g/mol. The molecule has 106 valence electrons. The summed E-state index contributed by atoms with van der Waals surface area (Å²) in [5.41, 5.74) is 9.54. The molecule has 0 heterocycles. The van der Waals surface area contributed by atoms with Crippen molar-refractivity contribution in [2.24, 2.45) is 5.73 Å². The SMILES string of the molecule is CC(N)Cc1ccc(-c2ccc(Cl)c3ccccc23)cc1. The second-order valence-corrected chi connectivity index (χ2v) is 5.93. The van der Waals surface area contributed by atoms with E-state index in [0.29, 0.717) is 0 Å². The largest absolute Gasteiger partial charge is 0.328 e. The third kappa shape index (κ3) is 2.94. The van der Waals surface area contributed by atoms with Gasteiger partial charge in [-0.2, -0.15) is 0 Å². The van der Waals surface area contributed by atoms with Gasteiger partial charge in [-0.15, -0.1) is 0 Å². The number of rotatable bonds is 3. The molecule has 0 spiro atoms. The van der Waals surface area contributed by atoms with E-state index in [2.05, 4.69) is 42.5 Å². The highest BCUT2D eigenvalue weighted by Crippen LogP contribution is 2.33. The Morgan fingerprint density at radius 3 is 2.24 bits per heavy atom. The first kappa shape index (κ1) is 14.1. The van der Waals surface area contributed by atoms with Crippen molar-refractivity contribution < 1.29 is 0 Å². The van der Waals surface area contributed by atoms with E-state index in [0.717, 1.165) is 16.8 Å². The van der Waals surface area contributed by atoms with Gasteiger partial charge in [0.2, 0.25) is 0 Å². The molecule has 0 saturated heterocycles. The van der Waals surface area contributed by atoms with Crippen molar-refractivity contribution >= 4 is 22.4 Å². The van der Waals surface area contributed by atoms with Crippen molar-refractivity contribution in [1.82, 2.24) is 0 Å². The highest BCUT2D eigenvalue weighted by Gasteiger charge is 2.06. The topological polar surface area (TPSA) is 26.0 Å². The predicted molar refractivity (Wildman–Crippen MR) is 91.7 cm³/mol. The maximum absolute atomic E-state index is 6.29. The minimum Gasteiger partial charge on any atom is -0.328 e. The molecular weight excluding hydrogens is 278 g/mol. The van der Waals surface area contributed by atoms with Gasteiger partial charge in [-0.05, 0) is 41.5 Å². The molecule has 0 amide bonds. The van der Waals surface area contributed by atoms with E-state index in [-0.39, 0.29) is 6.04 Å². The van der Waals surface area contributed by atoms with Gasteiger partial charge in [0.15, 0.2) is 0 Å². The highest BCUT2D eigenvalue weighted by molar-refractivity contribution is 6.36. The average Bonchev–Trinajstić information content (AvgIpc) is 2.48. The molecule has 3 rings (SSSR count). The monoisotopic (exact) mass is 295 g/mol. The molecule has 0 radical (unpaired) electrons. The standard InChI is InChI=1S/C19H18ClN/c1-13(21)12-14-6-8-15(9-7-14)16-10-11-19(20)18-5-3-2-4-17(16)18/h2-11,13H,12,21H2,1H3. The molecule has 2 heteroatoms. The Kier molecular flexibility index (Phi) is 3.96. The molecule has 0 aliphatic carbocycles. The summed E-state index contributed by atoms with van der Waals surface area (Å²) in [6.45, 7) is 2.03. The van der Waals surface area contributed by atoms with Crippen LogP contribution in [0.5, 0.6) is 0 Å². The van der Waals surface area contributed by atoms with Crippen LogP contribution in [0.2, 0.25) is 5.02 Å². The van der Waals surface area contributed by atoms with Gasteiger partial charge in [-0.25, -0.2) is 0 Å². The Balaban J connectivity index is 2.06. The predicted octanol–water partition coefficient (Wildman–Crippen LogP) is 5.05. The smallest absolute Gasteiger partial charge is 0.0484 e. The van der Waals surface area contributed by atoms with Crippen molar-refractivity contribution in [1.29, 1.82) is 0 Å². The van der Waals surface area contributed by atoms with E-state index in [1.165, 1.54) is 22.1 Å². The van der Waals surface area contributed by atoms with E-state index >= 15 is 0 Å². The summed E-state index contributed by atoms with van der Waals surface area (Å²) >= 11 is 6.29. The second-order valence-electron chi connectivity index (χ2n) is 5.52. The minimum absolute atomic E-state index is 0.187. The van der Waals surface area contributed by atoms with Gasteiger partial charge in [-0.3, -0.25) is 0 Å². The number of fused-ring (bicyclic) bond motifs is 1.